The SMILES string of the molecule is Cc1occc1C(=O)Nc1cccc(NC(=O)c2cccs2)c1. The molecule has 23 heavy (non-hydrogen) atoms. The predicted octanol–water partition coefficient (Wildman–Crippen LogP) is 4.15. The van der Waals surface area contributed by atoms with Crippen LogP contribution in [-0.4, -0.2) is 11.8 Å². The van der Waals surface area contributed by atoms with Gasteiger partial charge in [0.05, 0.1) is 16.7 Å². The van der Waals surface area contributed by atoms with Crippen LogP contribution in [0.1, 0.15) is 25.8 Å². The Morgan fingerprint density at radius 2 is 1.74 bits per heavy atom. The van der Waals surface area contributed by atoms with E-state index in [9.17, 15) is 9.59 Å². The first-order valence-electron chi connectivity index (χ1n) is 6.94. The molecule has 2 aromatic heterocycles. The van der Waals surface area contributed by atoms with Crippen molar-refractivity contribution in [3.63, 3.8) is 0 Å². The summed E-state index contributed by atoms with van der Waals surface area (Å²) < 4.78 is 5.12. The van der Waals surface area contributed by atoms with Crippen LogP contribution in [-0.2, 0) is 0 Å². The van der Waals surface area contributed by atoms with Crippen LogP contribution in [0.4, 0.5) is 11.4 Å². The highest BCUT2D eigenvalue weighted by atomic mass is 32.1. The van der Waals surface area contributed by atoms with E-state index in [0.717, 1.165) is 0 Å². The summed E-state index contributed by atoms with van der Waals surface area (Å²) >= 11 is 1.37. The maximum atomic E-state index is 12.2. The van der Waals surface area contributed by atoms with Gasteiger partial charge in [-0.25, -0.2) is 0 Å². The quantitative estimate of drug-likeness (QED) is 0.756. The zero-order valence-corrected chi connectivity index (χ0v) is 13.1. The van der Waals surface area contributed by atoms with Gasteiger partial charge in [-0.15, -0.1) is 11.3 Å². The summed E-state index contributed by atoms with van der Waals surface area (Å²) in [7, 11) is 0. The number of hydrogen-bond donors (Lipinski definition) is 2. The minimum atomic E-state index is -0.252. The van der Waals surface area contributed by atoms with Crippen LogP contribution in [0.3, 0.4) is 0 Å². The van der Waals surface area contributed by atoms with Crippen molar-refractivity contribution >= 4 is 34.5 Å². The highest BCUT2D eigenvalue weighted by Gasteiger charge is 2.12. The van der Waals surface area contributed by atoms with E-state index < -0.39 is 0 Å². The molecule has 2 amide bonds. The van der Waals surface area contributed by atoms with Gasteiger partial charge in [-0.1, -0.05) is 12.1 Å². The van der Waals surface area contributed by atoms with Crippen LogP contribution in [0.5, 0.6) is 0 Å². The van der Waals surface area contributed by atoms with Crippen molar-refractivity contribution in [2.24, 2.45) is 0 Å². The summed E-state index contributed by atoms with van der Waals surface area (Å²) in [5.74, 6) is 0.136. The van der Waals surface area contributed by atoms with E-state index in [1.165, 1.54) is 17.6 Å². The molecule has 5 nitrogen and oxygen atoms in total. The van der Waals surface area contributed by atoms with Gasteiger partial charge in [-0.3, -0.25) is 9.59 Å². The Labute approximate surface area is 136 Å². The molecule has 0 saturated heterocycles. The summed E-state index contributed by atoms with van der Waals surface area (Å²) in [5, 5.41) is 7.44. The zero-order chi connectivity index (χ0) is 16.2. The van der Waals surface area contributed by atoms with Crippen molar-refractivity contribution in [2.45, 2.75) is 6.92 Å². The molecule has 0 fully saturated rings. The predicted molar refractivity (Wildman–Crippen MR) is 90.1 cm³/mol. The number of carbonyl (C=O) groups is 2. The Bertz CT molecular complexity index is 837. The monoisotopic (exact) mass is 326 g/mol. The number of carbonyl (C=O) groups excluding carboxylic acids is 2. The first-order valence-corrected chi connectivity index (χ1v) is 7.82. The first-order chi connectivity index (χ1) is 11.1. The van der Waals surface area contributed by atoms with Gasteiger partial charge in [0.15, 0.2) is 0 Å². The largest absolute Gasteiger partial charge is 0.469 e. The topological polar surface area (TPSA) is 71.3 Å². The van der Waals surface area contributed by atoms with Crippen molar-refractivity contribution in [3.8, 4) is 0 Å². The van der Waals surface area contributed by atoms with Crippen LogP contribution < -0.4 is 10.6 Å². The second-order valence-corrected chi connectivity index (χ2v) is 5.80. The maximum absolute atomic E-state index is 12.2. The van der Waals surface area contributed by atoms with Crippen molar-refractivity contribution in [1.29, 1.82) is 0 Å². The molecule has 0 aliphatic rings. The maximum Gasteiger partial charge on any atom is 0.265 e. The lowest BCUT2D eigenvalue weighted by atomic mass is 10.2. The fourth-order valence-electron chi connectivity index (χ4n) is 2.09. The Kier molecular flexibility index (Phi) is 4.25. The molecule has 2 heterocycles. The Morgan fingerprint density at radius 1 is 1.00 bits per heavy atom. The molecule has 6 heteroatoms. The Hall–Kier alpha value is -2.86. The average molecular weight is 326 g/mol. The minimum absolute atomic E-state index is 0.172. The van der Waals surface area contributed by atoms with E-state index in [1.807, 2.05) is 11.4 Å². The van der Waals surface area contributed by atoms with Gasteiger partial charge >= 0.3 is 0 Å². The van der Waals surface area contributed by atoms with Gasteiger partial charge in [0.2, 0.25) is 0 Å². The van der Waals surface area contributed by atoms with Crippen LogP contribution in [0.25, 0.3) is 0 Å². The second-order valence-electron chi connectivity index (χ2n) is 4.86. The number of furan rings is 1. The highest BCUT2D eigenvalue weighted by molar-refractivity contribution is 7.12. The summed E-state index contributed by atoms with van der Waals surface area (Å²) in [6.45, 7) is 1.73. The molecule has 116 valence electrons. The normalized spacial score (nSPS) is 10.3. The highest BCUT2D eigenvalue weighted by Crippen LogP contribution is 2.19. The molecule has 0 radical (unpaired) electrons. The van der Waals surface area contributed by atoms with Crippen LogP contribution in [0.2, 0.25) is 0 Å². The molecule has 2 N–H and O–H groups in total. The fraction of sp³-hybridized carbons (Fsp3) is 0.0588. The Morgan fingerprint density at radius 3 is 2.35 bits per heavy atom. The lowest BCUT2D eigenvalue weighted by Crippen LogP contribution is -2.13. The molecule has 0 aliphatic carbocycles. The number of benzene rings is 1. The molecule has 0 spiro atoms. The Balaban J connectivity index is 1.71. The third-order valence-corrected chi connectivity index (χ3v) is 4.10. The first kappa shape index (κ1) is 15.1. The summed E-state index contributed by atoms with van der Waals surface area (Å²) in [6.07, 6.45) is 1.47. The number of amides is 2. The van der Waals surface area contributed by atoms with Crippen molar-refractivity contribution in [3.05, 3.63) is 70.3 Å². The number of rotatable bonds is 4. The van der Waals surface area contributed by atoms with Gasteiger partial charge in [0, 0.05) is 11.4 Å². The minimum Gasteiger partial charge on any atom is -0.469 e. The number of thiophene rings is 1. The summed E-state index contributed by atoms with van der Waals surface area (Å²) in [6, 6.07) is 12.2. The summed E-state index contributed by atoms with van der Waals surface area (Å²) in [5.41, 5.74) is 1.70. The summed E-state index contributed by atoms with van der Waals surface area (Å²) in [4.78, 5) is 24.8. The third-order valence-electron chi connectivity index (χ3n) is 3.23. The van der Waals surface area contributed by atoms with Gasteiger partial charge in [-0.2, -0.15) is 0 Å². The van der Waals surface area contributed by atoms with Gasteiger partial charge in [0.25, 0.3) is 11.8 Å². The van der Waals surface area contributed by atoms with Crippen LogP contribution in [0, 0.1) is 6.92 Å². The van der Waals surface area contributed by atoms with Crippen LogP contribution >= 0.6 is 11.3 Å². The van der Waals surface area contributed by atoms with Crippen molar-refractivity contribution in [1.82, 2.24) is 0 Å². The van der Waals surface area contributed by atoms with Crippen LogP contribution in [0.15, 0.2) is 58.5 Å². The molecule has 0 atom stereocenters. The molecular formula is C17H14N2O3S. The molecule has 3 aromatic rings. The fourth-order valence-corrected chi connectivity index (χ4v) is 2.71. The zero-order valence-electron chi connectivity index (χ0n) is 12.3. The smallest absolute Gasteiger partial charge is 0.265 e. The number of anilines is 2. The lowest BCUT2D eigenvalue weighted by molar-refractivity contribution is 0.102. The molecule has 0 saturated carbocycles. The van der Waals surface area contributed by atoms with Gasteiger partial charge < -0.3 is 15.1 Å². The number of nitrogens with one attached hydrogen (secondary N) is 2. The lowest BCUT2D eigenvalue weighted by Gasteiger charge is -2.08. The van der Waals surface area contributed by atoms with E-state index in [2.05, 4.69) is 10.6 Å². The van der Waals surface area contributed by atoms with Gasteiger partial charge in [-0.05, 0) is 42.6 Å². The number of aryl methyl sites for hydroxylation is 1. The molecule has 3 rings (SSSR count). The van der Waals surface area contributed by atoms with E-state index in [1.54, 1.807) is 43.3 Å². The molecule has 0 bridgehead atoms. The average Bonchev–Trinajstić information content (AvgIpc) is 3.18. The van der Waals surface area contributed by atoms with E-state index >= 15 is 0 Å². The second kappa shape index (κ2) is 6.50. The van der Waals surface area contributed by atoms with E-state index in [4.69, 9.17) is 4.42 Å². The van der Waals surface area contributed by atoms with Crippen molar-refractivity contribution < 1.29 is 14.0 Å². The molecule has 0 aliphatic heterocycles. The van der Waals surface area contributed by atoms with Crippen molar-refractivity contribution in [2.75, 3.05) is 10.6 Å². The molecular weight excluding hydrogens is 312 g/mol. The van der Waals surface area contributed by atoms with E-state index in [0.29, 0.717) is 27.6 Å². The molecule has 1 aromatic carbocycles. The van der Waals surface area contributed by atoms with E-state index in [-0.39, 0.29) is 11.8 Å². The number of hydrogen-bond acceptors (Lipinski definition) is 4. The van der Waals surface area contributed by atoms with Gasteiger partial charge in [0.1, 0.15) is 5.76 Å². The standard InChI is InChI=1S/C17H14N2O3S/c1-11-14(7-8-22-11)16(20)18-12-4-2-5-13(10-12)19-17(21)15-6-3-9-23-15/h2-10H,1H3,(H,18,20)(H,19,21). The third kappa shape index (κ3) is 3.49. The molecule has 0 unspecified atom stereocenters.